The number of nitrogens with one attached hydrogen (secondary N) is 1. The first kappa shape index (κ1) is 15.1. The molecule has 0 bridgehead atoms. The van der Waals surface area contributed by atoms with Crippen molar-refractivity contribution in [1.29, 1.82) is 5.41 Å². The summed E-state index contributed by atoms with van der Waals surface area (Å²) < 4.78 is 24.5. The van der Waals surface area contributed by atoms with Crippen LogP contribution in [0.4, 0.5) is 4.39 Å². The van der Waals surface area contributed by atoms with E-state index < -0.39 is 5.82 Å². The van der Waals surface area contributed by atoms with E-state index in [4.69, 9.17) is 32.2 Å². The van der Waals surface area contributed by atoms with Crippen molar-refractivity contribution >= 4 is 17.4 Å². The third kappa shape index (κ3) is 3.44. The number of methoxy groups -OCH3 is 1. The summed E-state index contributed by atoms with van der Waals surface area (Å²) in [6.07, 6.45) is 0. The van der Waals surface area contributed by atoms with Gasteiger partial charge in [0.2, 0.25) is 0 Å². The molecule has 110 valence electrons. The normalized spacial score (nSPS) is 10.2. The number of ether oxygens (including phenoxy) is 2. The molecule has 0 spiro atoms. The van der Waals surface area contributed by atoms with Gasteiger partial charge < -0.3 is 15.2 Å². The Labute approximate surface area is 126 Å². The first-order chi connectivity index (χ1) is 10.0. The van der Waals surface area contributed by atoms with Crippen molar-refractivity contribution in [2.45, 2.75) is 6.61 Å². The molecule has 3 N–H and O–H groups in total. The van der Waals surface area contributed by atoms with Crippen LogP contribution in [0, 0.1) is 11.2 Å². The minimum absolute atomic E-state index is 0.0569. The highest BCUT2D eigenvalue weighted by Gasteiger charge is 2.13. The van der Waals surface area contributed by atoms with Crippen molar-refractivity contribution in [3.05, 3.63) is 58.4 Å². The molecule has 0 radical (unpaired) electrons. The van der Waals surface area contributed by atoms with Gasteiger partial charge in [0.15, 0.2) is 0 Å². The largest absolute Gasteiger partial charge is 0.496 e. The smallest absolute Gasteiger partial charge is 0.137 e. The summed E-state index contributed by atoms with van der Waals surface area (Å²) in [6.45, 7) is 0.119. The van der Waals surface area contributed by atoms with Gasteiger partial charge in [-0.25, -0.2) is 4.39 Å². The zero-order valence-electron chi connectivity index (χ0n) is 11.3. The fraction of sp³-hybridized carbons (Fsp3) is 0.133. The summed E-state index contributed by atoms with van der Waals surface area (Å²) in [7, 11) is 1.54. The number of benzene rings is 2. The molecule has 2 aromatic rings. The summed E-state index contributed by atoms with van der Waals surface area (Å²) >= 11 is 5.94. The number of hydrogen-bond donors (Lipinski definition) is 2. The summed E-state index contributed by atoms with van der Waals surface area (Å²) in [5.41, 5.74) is 6.04. The van der Waals surface area contributed by atoms with Crippen LogP contribution in [0.3, 0.4) is 0 Å². The van der Waals surface area contributed by atoms with E-state index >= 15 is 0 Å². The Morgan fingerprint density at radius 2 is 2.05 bits per heavy atom. The number of rotatable bonds is 5. The van der Waals surface area contributed by atoms with Crippen LogP contribution in [-0.4, -0.2) is 12.9 Å². The Balaban J connectivity index is 2.27. The van der Waals surface area contributed by atoms with E-state index in [1.807, 2.05) is 0 Å². The van der Waals surface area contributed by atoms with Gasteiger partial charge in [-0.3, -0.25) is 5.41 Å². The molecule has 6 heteroatoms. The van der Waals surface area contributed by atoms with Crippen LogP contribution in [0.5, 0.6) is 11.5 Å². The maximum atomic E-state index is 13.7. The van der Waals surface area contributed by atoms with Gasteiger partial charge >= 0.3 is 0 Å². The maximum Gasteiger partial charge on any atom is 0.137 e. The van der Waals surface area contributed by atoms with Crippen LogP contribution in [0.25, 0.3) is 0 Å². The number of nitrogen functional groups attached to an aromatic ring is 1. The number of nitrogens with two attached hydrogens (primary N) is 1. The summed E-state index contributed by atoms with van der Waals surface area (Å²) in [5, 5.41) is 7.97. The topological polar surface area (TPSA) is 68.3 Å². The van der Waals surface area contributed by atoms with Crippen molar-refractivity contribution in [1.82, 2.24) is 0 Å². The molecule has 0 atom stereocenters. The molecule has 0 aliphatic carbocycles. The fourth-order valence-electron chi connectivity index (χ4n) is 1.90. The van der Waals surface area contributed by atoms with E-state index in [9.17, 15) is 4.39 Å². The highest BCUT2D eigenvalue weighted by atomic mass is 35.5. The number of amidine groups is 1. The lowest BCUT2D eigenvalue weighted by Crippen LogP contribution is -2.15. The Hall–Kier alpha value is -2.27. The minimum atomic E-state index is -0.599. The van der Waals surface area contributed by atoms with Crippen molar-refractivity contribution in [2.24, 2.45) is 5.73 Å². The molecular formula is C15H14ClFN2O2. The van der Waals surface area contributed by atoms with Crippen molar-refractivity contribution in [3.8, 4) is 11.5 Å². The van der Waals surface area contributed by atoms with E-state index in [0.29, 0.717) is 16.3 Å². The molecule has 0 heterocycles. The molecule has 0 fully saturated rings. The average Bonchev–Trinajstić information content (AvgIpc) is 2.44. The predicted octanol–water partition coefficient (Wildman–Crippen LogP) is 3.35. The lowest BCUT2D eigenvalue weighted by molar-refractivity contribution is 0.294. The van der Waals surface area contributed by atoms with Crippen LogP contribution >= 0.6 is 11.6 Å². The number of hydrogen-bond acceptors (Lipinski definition) is 3. The second-order valence-electron chi connectivity index (χ2n) is 4.27. The third-order valence-corrected chi connectivity index (χ3v) is 3.11. The van der Waals surface area contributed by atoms with Gasteiger partial charge in [0.25, 0.3) is 0 Å². The van der Waals surface area contributed by atoms with Crippen LogP contribution in [0.2, 0.25) is 5.02 Å². The standard InChI is InChI=1S/C15H14ClFN2O2/c1-20-12-6-5-10(16)7-9(12)8-21-13-4-2-3-11(17)14(13)15(18)19/h2-7H,8H2,1H3,(H3,18,19). The van der Waals surface area contributed by atoms with Gasteiger partial charge in [0, 0.05) is 10.6 Å². The molecule has 0 saturated carbocycles. The second kappa shape index (κ2) is 6.45. The highest BCUT2D eigenvalue weighted by molar-refractivity contribution is 6.30. The molecule has 0 aromatic heterocycles. The van der Waals surface area contributed by atoms with Crippen LogP contribution in [0.1, 0.15) is 11.1 Å². The molecule has 4 nitrogen and oxygen atoms in total. The zero-order chi connectivity index (χ0) is 15.4. The van der Waals surface area contributed by atoms with Crippen molar-refractivity contribution in [3.63, 3.8) is 0 Å². The molecule has 2 rings (SSSR count). The molecule has 0 unspecified atom stereocenters. The number of halogens is 2. The van der Waals surface area contributed by atoms with Gasteiger partial charge in [-0.15, -0.1) is 0 Å². The highest BCUT2D eigenvalue weighted by Crippen LogP contribution is 2.26. The molecule has 0 amide bonds. The molecule has 0 saturated heterocycles. The van der Waals surface area contributed by atoms with Crippen LogP contribution < -0.4 is 15.2 Å². The molecular weight excluding hydrogens is 295 g/mol. The quantitative estimate of drug-likeness (QED) is 0.657. The fourth-order valence-corrected chi connectivity index (χ4v) is 2.10. The zero-order valence-corrected chi connectivity index (χ0v) is 12.1. The maximum absolute atomic E-state index is 13.7. The summed E-state index contributed by atoms with van der Waals surface area (Å²) in [5.74, 6) is -0.177. The van der Waals surface area contributed by atoms with E-state index in [1.54, 1.807) is 24.3 Å². The monoisotopic (exact) mass is 308 g/mol. The lowest BCUT2D eigenvalue weighted by Gasteiger charge is -2.13. The van der Waals surface area contributed by atoms with E-state index in [2.05, 4.69) is 0 Å². The average molecular weight is 309 g/mol. The molecule has 0 aliphatic rings. The van der Waals surface area contributed by atoms with E-state index in [-0.39, 0.29) is 23.8 Å². The predicted molar refractivity (Wildman–Crippen MR) is 79.8 cm³/mol. The Bertz CT molecular complexity index is 677. The van der Waals surface area contributed by atoms with Gasteiger partial charge in [-0.1, -0.05) is 17.7 Å². The molecule has 0 aliphatic heterocycles. The van der Waals surface area contributed by atoms with E-state index in [0.717, 1.165) is 0 Å². The Morgan fingerprint density at radius 1 is 1.29 bits per heavy atom. The molecule has 2 aromatic carbocycles. The Morgan fingerprint density at radius 3 is 2.71 bits per heavy atom. The van der Waals surface area contributed by atoms with Crippen molar-refractivity contribution in [2.75, 3.05) is 7.11 Å². The van der Waals surface area contributed by atoms with Gasteiger partial charge in [0.1, 0.15) is 29.8 Å². The minimum Gasteiger partial charge on any atom is -0.496 e. The Kier molecular flexibility index (Phi) is 4.65. The van der Waals surface area contributed by atoms with Gasteiger partial charge in [0.05, 0.1) is 12.7 Å². The first-order valence-electron chi connectivity index (χ1n) is 6.11. The summed E-state index contributed by atoms with van der Waals surface area (Å²) in [6, 6.07) is 9.39. The first-order valence-corrected chi connectivity index (χ1v) is 6.49. The lowest BCUT2D eigenvalue weighted by atomic mass is 10.1. The van der Waals surface area contributed by atoms with Crippen LogP contribution in [-0.2, 0) is 6.61 Å². The second-order valence-corrected chi connectivity index (χ2v) is 4.71. The third-order valence-electron chi connectivity index (χ3n) is 2.87. The molecule has 21 heavy (non-hydrogen) atoms. The van der Waals surface area contributed by atoms with E-state index in [1.165, 1.54) is 19.2 Å². The SMILES string of the molecule is COc1ccc(Cl)cc1COc1cccc(F)c1C(=N)N. The van der Waals surface area contributed by atoms with Gasteiger partial charge in [-0.2, -0.15) is 0 Å². The van der Waals surface area contributed by atoms with Gasteiger partial charge in [-0.05, 0) is 30.3 Å². The summed E-state index contributed by atoms with van der Waals surface area (Å²) in [4.78, 5) is 0. The van der Waals surface area contributed by atoms with Crippen LogP contribution in [0.15, 0.2) is 36.4 Å². The van der Waals surface area contributed by atoms with Crippen molar-refractivity contribution < 1.29 is 13.9 Å².